The van der Waals surface area contributed by atoms with Gasteiger partial charge in [-0.25, -0.2) is 0 Å². The van der Waals surface area contributed by atoms with Crippen LogP contribution in [0.1, 0.15) is 46.1 Å². The van der Waals surface area contributed by atoms with Crippen LogP contribution in [0, 0.1) is 0 Å². The third-order valence-corrected chi connectivity index (χ3v) is 12.3. The normalized spacial score (nSPS) is 12.8. The van der Waals surface area contributed by atoms with E-state index in [0.717, 1.165) is 29.7 Å². The summed E-state index contributed by atoms with van der Waals surface area (Å²) in [4.78, 5) is 0. The highest BCUT2D eigenvalue weighted by atomic mass is 28.4. The Bertz CT molecular complexity index is 1110. The molecule has 3 rings (SSSR count). The van der Waals surface area contributed by atoms with E-state index in [0.29, 0.717) is 26.4 Å². The lowest BCUT2D eigenvalue weighted by molar-refractivity contribution is -0.0247. The molecule has 0 atom stereocenters. The second-order valence-corrected chi connectivity index (χ2v) is 15.4. The number of allylic oxidation sites excluding steroid dienone is 1. The molecule has 0 saturated carbocycles. The van der Waals surface area contributed by atoms with Gasteiger partial charge < -0.3 is 23.4 Å². The second kappa shape index (κ2) is 15.9. The quantitative estimate of drug-likeness (QED) is 0.0863. The smallest absolute Gasteiger partial charge is 0.261 e. The topological polar surface area (TPSA) is 46.2 Å². The van der Waals surface area contributed by atoms with E-state index in [1.54, 1.807) is 14.2 Å². The summed E-state index contributed by atoms with van der Waals surface area (Å²) in [6.07, 6.45) is 1.83. The Hall–Kier alpha value is -2.74. The maximum Gasteiger partial charge on any atom is 0.261 e. The van der Waals surface area contributed by atoms with Crippen LogP contribution in [-0.4, -0.2) is 49.2 Å². The average molecular weight is 563 g/mol. The minimum absolute atomic E-state index is 0.0327. The first-order valence-corrected chi connectivity index (χ1v) is 15.9. The summed E-state index contributed by atoms with van der Waals surface area (Å²) in [5.41, 5.74) is 3.53. The zero-order valence-corrected chi connectivity index (χ0v) is 26.1. The molecule has 0 heterocycles. The maximum absolute atomic E-state index is 7.08. The molecule has 6 heteroatoms. The van der Waals surface area contributed by atoms with E-state index in [1.807, 2.05) is 24.3 Å². The minimum atomic E-state index is -2.53. The summed E-state index contributed by atoms with van der Waals surface area (Å²) in [5.74, 6) is 0.841. The maximum atomic E-state index is 7.08. The molecule has 0 aromatic heterocycles. The van der Waals surface area contributed by atoms with Crippen molar-refractivity contribution in [3.05, 3.63) is 102 Å². The lowest BCUT2D eigenvalue weighted by Crippen LogP contribution is -2.66. The van der Waals surface area contributed by atoms with Crippen molar-refractivity contribution >= 4 is 18.7 Å². The van der Waals surface area contributed by atoms with Crippen molar-refractivity contribution in [3.63, 3.8) is 0 Å². The van der Waals surface area contributed by atoms with Crippen LogP contribution in [0.3, 0.4) is 0 Å². The van der Waals surface area contributed by atoms with Gasteiger partial charge in [0.25, 0.3) is 8.32 Å². The van der Waals surface area contributed by atoms with Gasteiger partial charge in [0.1, 0.15) is 12.5 Å². The molecular weight excluding hydrogens is 516 g/mol. The number of benzene rings is 3. The standard InChI is InChI=1S/C34H46O5Si/c1-28(30(26-38-27-35-5)25-37-24-29-19-21-31(36-6)22-20-29)14-13-23-39-40(34(2,3)4,32-15-9-7-10-16-32)33-17-11-8-12-18-33/h7-12,15-22H,13-14,23-27H2,1-6H3/b30-28-. The van der Waals surface area contributed by atoms with Crippen molar-refractivity contribution in [2.45, 2.75) is 52.2 Å². The van der Waals surface area contributed by atoms with Crippen LogP contribution < -0.4 is 15.1 Å². The zero-order valence-electron chi connectivity index (χ0n) is 25.1. The van der Waals surface area contributed by atoms with Gasteiger partial charge in [-0.15, -0.1) is 0 Å². The number of methoxy groups -OCH3 is 2. The Morgan fingerprint density at radius 3 is 1.85 bits per heavy atom. The van der Waals surface area contributed by atoms with E-state index in [4.69, 9.17) is 23.4 Å². The summed E-state index contributed by atoms with van der Waals surface area (Å²) >= 11 is 0. The van der Waals surface area contributed by atoms with Crippen LogP contribution in [0.2, 0.25) is 5.04 Å². The van der Waals surface area contributed by atoms with Gasteiger partial charge in [0.05, 0.1) is 26.9 Å². The summed E-state index contributed by atoms with van der Waals surface area (Å²) in [7, 11) is 0.778. The molecule has 0 N–H and O–H groups in total. The molecule has 216 valence electrons. The molecule has 0 amide bonds. The Morgan fingerprint density at radius 1 is 0.750 bits per heavy atom. The van der Waals surface area contributed by atoms with Crippen LogP contribution in [0.5, 0.6) is 5.75 Å². The van der Waals surface area contributed by atoms with Gasteiger partial charge in [0, 0.05) is 13.7 Å². The van der Waals surface area contributed by atoms with Crippen LogP contribution in [-0.2, 0) is 25.2 Å². The number of hydrogen-bond donors (Lipinski definition) is 0. The fraction of sp³-hybridized carbons (Fsp3) is 0.412. The van der Waals surface area contributed by atoms with Gasteiger partial charge in [0.2, 0.25) is 0 Å². The Labute approximate surface area is 242 Å². The van der Waals surface area contributed by atoms with Crippen molar-refractivity contribution in [1.29, 1.82) is 0 Å². The molecule has 3 aromatic carbocycles. The van der Waals surface area contributed by atoms with Crippen molar-refractivity contribution in [1.82, 2.24) is 0 Å². The molecule has 3 aromatic rings. The van der Waals surface area contributed by atoms with Crippen LogP contribution >= 0.6 is 0 Å². The molecule has 0 radical (unpaired) electrons. The fourth-order valence-corrected chi connectivity index (χ4v) is 9.66. The molecular formula is C34H46O5Si. The van der Waals surface area contributed by atoms with E-state index in [1.165, 1.54) is 15.9 Å². The monoisotopic (exact) mass is 562 g/mol. The first-order valence-electron chi connectivity index (χ1n) is 14.0. The molecule has 0 bridgehead atoms. The van der Waals surface area contributed by atoms with Crippen molar-refractivity contribution < 1.29 is 23.4 Å². The third-order valence-electron chi connectivity index (χ3n) is 7.22. The van der Waals surface area contributed by atoms with Gasteiger partial charge in [-0.1, -0.05) is 99.1 Å². The molecule has 0 saturated heterocycles. The van der Waals surface area contributed by atoms with Crippen molar-refractivity contribution in [3.8, 4) is 5.75 Å². The van der Waals surface area contributed by atoms with Crippen molar-refractivity contribution in [2.75, 3.05) is 40.8 Å². The van der Waals surface area contributed by atoms with E-state index >= 15 is 0 Å². The number of hydrogen-bond acceptors (Lipinski definition) is 5. The van der Waals surface area contributed by atoms with E-state index in [2.05, 4.69) is 88.4 Å². The van der Waals surface area contributed by atoms with Gasteiger partial charge in [-0.2, -0.15) is 0 Å². The molecule has 0 unspecified atom stereocenters. The van der Waals surface area contributed by atoms with Crippen LogP contribution in [0.4, 0.5) is 0 Å². The lowest BCUT2D eigenvalue weighted by Gasteiger charge is -2.43. The van der Waals surface area contributed by atoms with Gasteiger partial charge in [-0.05, 0) is 58.4 Å². The molecule has 0 aliphatic heterocycles. The van der Waals surface area contributed by atoms with Crippen LogP contribution in [0.15, 0.2) is 96.1 Å². The van der Waals surface area contributed by atoms with E-state index in [9.17, 15) is 0 Å². The Kier molecular flexibility index (Phi) is 12.6. The highest BCUT2D eigenvalue weighted by Gasteiger charge is 2.49. The fourth-order valence-electron chi connectivity index (χ4n) is 5.05. The van der Waals surface area contributed by atoms with Gasteiger partial charge in [-0.3, -0.25) is 0 Å². The zero-order chi connectivity index (χ0) is 28.8. The molecule has 0 aliphatic rings. The largest absolute Gasteiger partial charge is 0.497 e. The first-order chi connectivity index (χ1) is 19.3. The molecule has 0 fully saturated rings. The highest BCUT2D eigenvalue weighted by molar-refractivity contribution is 6.99. The molecule has 0 aliphatic carbocycles. The molecule has 0 spiro atoms. The Balaban J connectivity index is 1.70. The lowest BCUT2D eigenvalue weighted by atomic mass is 10.1. The third kappa shape index (κ3) is 8.63. The summed E-state index contributed by atoms with van der Waals surface area (Å²) in [5, 5.41) is 2.58. The van der Waals surface area contributed by atoms with Gasteiger partial charge >= 0.3 is 0 Å². The first kappa shape index (κ1) is 31.8. The van der Waals surface area contributed by atoms with Gasteiger partial charge in [0.15, 0.2) is 0 Å². The highest BCUT2D eigenvalue weighted by Crippen LogP contribution is 2.37. The summed E-state index contributed by atoms with van der Waals surface area (Å²) in [6.45, 7) is 11.6. The molecule has 40 heavy (non-hydrogen) atoms. The number of rotatable bonds is 16. The predicted molar refractivity (Wildman–Crippen MR) is 166 cm³/mol. The van der Waals surface area contributed by atoms with E-state index in [-0.39, 0.29) is 11.8 Å². The summed E-state index contributed by atoms with van der Waals surface area (Å²) in [6, 6.07) is 29.6. The Morgan fingerprint density at radius 2 is 1.32 bits per heavy atom. The second-order valence-electron chi connectivity index (χ2n) is 11.1. The summed E-state index contributed by atoms with van der Waals surface area (Å²) < 4.78 is 29.2. The molecule has 5 nitrogen and oxygen atoms in total. The minimum Gasteiger partial charge on any atom is -0.497 e. The number of ether oxygens (including phenoxy) is 4. The van der Waals surface area contributed by atoms with Crippen molar-refractivity contribution in [2.24, 2.45) is 0 Å². The SMILES string of the molecule is COCOC/C(COCc1ccc(OC)cc1)=C(/C)CCCO[Si](c1ccccc1)(c1ccccc1)C(C)(C)C. The average Bonchev–Trinajstić information content (AvgIpc) is 2.97. The van der Waals surface area contributed by atoms with E-state index < -0.39 is 8.32 Å². The van der Waals surface area contributed by atoms with Crippen LogP contribution in [0.25, 0.3) is 0 Å². The predicted octanol–water partition coefficient (Wildman–Crippen LogP) is 6.51.